The normalized spacial score (nSPS) is 11.3. The van der Waals surface area contributed by atoms with Crippen LogP contribution in [0.2, 0.25) is 0 Å². The van der Waals surface area contributed by atoms with Crippen LogP contribution in [0.25, 0.3) is 0 Å². The molecule has 0 aliphatic rings. The van der Waals surface area contributed by atoms with Crippen LogP contribution in [0.4, 0.5) is 0 Å². The Morgan fingerprint density at radius 3 is 2.62 bits per heavy atom. The molecule has 0 fully saturated rings. The molecule has 1 heterocycles. The van der Waals surface area contributed by atoms with Gasteiger partial charge in [-0.25, -0.2) is 4.99 Å². The summed E-state index contributed by atoms with van der Waals surface area (Å²) in [6, 6.07) is 16.5. The first kappa shape index (κ1) is 20.5. The van der Waals surface area contributed by atoms with E-state index >= 15 is 0 Å². The van der Waals surface area contributed by atoms with E-state index in [1.807, 2.05) is 23.0 Å². The van der Waals surface area contributed by atoms with E-state index in [0.717, 1.165) is 30.4 Å². The number of hydrogen-bond donors (Lipinski definition) is 2. The van der Waals surface area contributed by atoms with Crippen LogP contribution >= 0.6 is 0 Å². The van der Waals surface area contributed by atoms with Crippen molar-refractivity contribution in [1.82, 2.24) is 20.4 Å². The number of methoxy groups -OCH3 is 1. The van der Waals surface area contributed by atoms with Crippen molar-refractivity contribution < 1.29 is 4.74 Å². The quantitative estimate of drug-likeness (QED) is 0.456. The average Bonchev–Trinajstić information content (AvgIpc) is 3.24. The topological polar surface area (TPSA) is 63.5 Å². The number of nitrogens with zero attached hydrogens (tertiary/aromatic N) is 3. The molecule has 3 aromatic rings. The van der Waals surface area contributed by atoms with Gasteiger partial charge in [-0.1, -0.05) is 36.4 Å². The van der Waals surface area contributed by atoms with E-state index in [2.05, 4.69) is 66.0 Å². The lowest BCUT2D eigenvalue weighted by Crippen LogP contribution is -2.37. The van der Waals surface area contributed by atoms with Gasteiger partial charge in [-0.05, 0) is 42.7 Å². The molecule has 0 amide bonds. The van der Waals surface area contributed by atoms with Crippen LogP contribution in [0.3, 0.4) is 0 Å². The fourth-order valence-corrected chi connectivity index (χ4v) is 3.12. The lowest BCUT2D eigenvalue weighted by molar-refractivity contribution is 0.409. The van der Waals surface area contributed by atoms with Crippen LogP contribution in [0, 0.1) is 6.92 Å². The largest absolute Gasteiger partial charge is 0.496 e. The van der Waals surface area contributed by atoms with Gasteiger partial charge in [-0.2, -0.15) is 5.10 Å². The van der Waals surface area contributed by atoms with Crippen molar-refractivity contribution in [2.45, 2.75) is 33.5 Å². The van der Waals surface area contributed by atoms with Crippen molar-refractivity contribution in [3.63, 3.8) is 0 Å². The zero-order chi connectivity index (χ0) is 20.5. The van der Waals surface area contributed by atoms with Gasteiger partial charge < -0.3 is 15.4 Å². The first-order valence-electron chi connectivity index (χ1n) is 9.89. The molecule has 0 aliphatic heterocycles. The highest BCUT2D eigenvalue weighted by Gasteiger charge is 2.06. The van der Waals surface area contributed by atoms with Gasteiger partial charge in [0.15, 0.2) is 5.96 Å². The molecule has 0 saturated carbocycles. The molecule has 152 valence electrons. The summed E-state index contributed by atoms with van der Waals surface area (Å²) in [7, 11) is 1.70. The Hall–Kier alpha value is -3.28. The Morgan fingerprint density at radius 2 is 1.90 bits per heavy atom. The van der Waals surface area contributed by atoms with Gasteiger partial charge in [-0.15, -0.1) is 0 Å². The molecule has 1 aromatic heterocycles. The second-order valence-electron chi connectivity index (χ2n) is 6.84. The molecule has 6 nitrogen and oxygen atoms in total. The van der Waals surface area contributed by atoms with Gasteiger partial charge in [-0.3, -0.25) is 4.68 Å². The van der Waals surface area contributed by atoms with Crippen LogP contribution < -0.4 is 15.4 Å². The maximum atomic E-state index is 5.50. The van der Waals surface area contributed by atoms with Crippen molar-refractivity contribution in [2.75, 3.05) is 13.7 Å². The van der Waals surface area contributed by atoms with Gasteiger partial charge in [0, 0.05) is 31.0 Å². The Morgan fingerprint density at radius 1 is 1.07 bits per heavy atom. The number of ether oxygens (including phenoxy) is 1. The third kappa shape index (κ3) is 5.85. The number of aryl methyl sites for hydroxylation is 1. The molecule has 2 aromatic carbocycles. The summed E-state index contributed by atoms with van der Waals surface area (Å²) in [6.07, 6.45) is 3.78. The third-order valence-electron chi connectivity index (χ3n) is 4.65. The highest BCUT2D eigenvalue weighted by molar-refractivity contribution is 5.79. The average molecular weight is 392 g/mol. The van der Waals surface area contributed by atoms with E-state index in [1.165, 1.54) is 16.7 Å². The number of benzene rings is 2. The first-order valence-corrected chi connectivity index (χ1v) is 9.89. The van der Waals surface area contributed by atoms with Gasteiger partial charge >= 0.3 is 0 Å². The number of nitrogens with one attached hydrogen (secondary N) is 2. The van der Waals surface area contributed by atoms with E-state index in [4.69, 9.17) is 9.73 Å². The number of hydrogen-bond acceptors (Lipinski definition) is 3. The standard InChI is InChI=1S/C23H29N5O/c1-4-24-23(26-16-20-11-10-18(2)14-22(20)29-3)25-15-19-8-5-6-9-21(19)17-28-13-7-12-27-28/h5-14H,4,15-17H2,1-3H3,(H2,24,25,26). The zero-order valence-corrected chi connectivity index (χ0v) is 17.4. The number of aromatic nitrogens is 2. The van der Waals surface area contributed by atoms with Crippen molar-refractivity contribution in [1.29, 1.82) is 0 Å². The summed E-state index contributed by atoms with van der Waals surface area (Å²) in [5.41, 5.74) is 4.70. The highest BCUT2D eigenvalue weighted by Crippen LogP contribution is 2.20. The molecule has 29 heavy (non-hydrogen) atoms. The van der Waals surface area contributed by atoms with E-state index in [9.17, 15) is 0 Å². The third-order valence-corrected chi connectivity index (χ3v) is 4.65. The molecule has 0 bridgehead atoms. The Balaban J connectivity index is 1.69. The highest BCUT2D eigenvalue weighted by atomic mass is 16.5. The lowest BCUT2D eigenvalue weighted by Gasteiger charge is -2.15. The Kier molecular flexibility index (Phi) is 7.28. The Bertz CT molecular complexity index is 934. The van der Waals surface area contributed by atoms with Gasteiger partial charge in [0.1, 0.15) is 5.75 Å². The molecule has 3 rings (SSSR count). The second-order valence-corrected chi connectivity index (χ2v) is 6.84. The fourth-order valence-electron chi connectivity index (χ4n) is 3.12. The van der Waals surface area contributed by atoms with Crippen LogP contribution in [-0.2, 0) is 19.6 Å². The molecule has 0 unspecified atom stereocenters. The molecule has 0 spiro atoms. The minimum absolute atomic E-state index is 0.549. The SMILES string of the molecule is CCNC(=NCc1ccc(C)cc1OC)NCc1ccccc1Cn1cccn1. The molecule has 0 aliphatic carbocycles. The molecule has 6 heteroatoms. The molecule has 0 radical (unpaired) electrons. The van der Waals surface area contributed by atoms with Crippen molar-refractivity contribution >= 4 is 5.96 Å². The predicted molar refractivity (Wildman–Crippen MR) is 117 cm³/mol. The smallest absolute Gasteiger partial charge is 0.191 e. The van der Waals surface area contributed by atoms with Crippen LogP contribution in [0.5, 0.6) is 5.75 Å². The second kappa shape index (κ2) is 10.3. The van der Waals surface area contributed by atoms with Gasteiger partial charge in [0.05, 0.1) is 20.2 Å². The summed E-state index contributed by atoms with van der Waals surface area (Å²) in [5, 5.41) is 11.1. The van der Waals surface area contributed by atoms with E-state index in [1.54, 1.807) is 13.3 Å². The maximum absolute atomic E-state index is 5.50. The molecule has 0 saturated heterocycles. The zero-order valence-electron chi connectivity index (χ0n) is 17.4. The summed E-state index contributed by atoms with van der Waals surface area (Å²) >= 11 is 0. The Labute approximate surface area is 172 Å². The van der Waals surface area contributed by atoms with E-state index in [0.29, 0.717) is 13.1 Å². The van der Waals surface area contributed by atoms with Crippen LogP contribution in [-0.4, -0.2) is 29.4 Å². The monoisotopic (exact) mass is 391 g/mol. The molecular formula is C23H29N5O. The molecular weight excluding hydrogens is 362 g/mol. The maximum Gasteiger partial charge on any atom is 0.191 e. The molecule has 2 N–H and O–H groups in total. The minimum atomic E-state index is 0.549. The summed E-state index contributed by atoms with van der Waals surface area (Å²) in [4.78, 5) is 4.74. The summed E-state index contributed by atoms with van der Waals surface area (Å²) in [6.45, 7) is 6.91. The fraction of sp³-hybridized carbons (Fsp3) is 0.304. The van der Waals surface area contributed by atoms with E-state index in [-0.39, 0.29) is 0 Å². The number of rotatable bonds is 8. The summed E-state index contributed by atoms with van der Waals surface area (Å²) in [5.74, 6) is 1.65. The number of aliphatic imine (C=N–C) groups is 1. The number of guanidine groups is 1. The van der Waals surface area contributed by atoms with Crippen molar-refractivity contribution in [3.8, 4) is 5.75 Å². The first-order chi connectivity index (χ1) is 14.2. The van der Waals surface area contributed by atoms with Crippen LogP contribution in [0.15, 0.2) is 65.9 Å². The van der Waals surface area contributed by atoms with Gasteiger partial charge in [0.2, 0.25) is 0 Å². The van der Waals surface area contributed by atoms with Gasteiger partial charge in [0.25, 0.3) is 0 Å². The predicted octanol–water partition coefficient (Wildman–Crippen LogP) is 3.50. The van der Waals surface area contributed by atoms with Crippen LogP contribution in [0.1, 0.15) is 29.2 Å². The van der Waals surface area contributed by atoms with E-state index < -0.39 is 0 Å². The lowest BCUT2D eigenvalue weighted by atomic mass is 10.1. The van der Waals surface area contributed by atoms with Crippen molar-refractivity contribution in [3.05, 3.63) is 83.2 Å². The van der Waals surface area contributed by atoms with Crippen molar-refractivity contribution in [2.24, 2.45) is 4.99 Å². The minimum Gasteiger partial charge on any atom is -0.496 e. The molecule has 0 atom stereocenters. The summed E-state index contributed by atoms with van der Waals surface area (Å²) < 4.78 is 7.43.